The monoisotopic (exact) mass is 391 g/mol. The first kappa shape index (κ1) is 13.5. The van der Waals surface area contributed by atoms with Gasteiger partial charge in [0.15, 0.2) is 0 Å². The lowest BCUT2D eigenvalue weighted by molar-refractivity contribution is 0.0953. The van der Waals surface area contributed by atoms with Crippen molar-refractivity contribution in [1.29, 1.82) is 0 Å². The van der Waals surface area contributed by atoms with Crippen LogP contribution in [0.15, 0.2) is 22.7 Å². The number of amides is 1. The summed E-state index contributed by atoms with van der Waals surface area (Å²) in [5.41, 5.74) is 0.663. The van der Waals surface area contributed by atoms with E-state index < -0.39 is 0 Å². The standard InChI is InChI=1S/C12H11BrINO/c1-2-3-4-7-15-12(16)10-8-9(14)5-6-11(10)13/h5-6,8H,4,7H2,1H3,(H,15,16). The number of rotatable bonds is 3. The van der Waals surface area contributed by atoms with Crippen molar-refractivity contribution >= 4 is 44.4 Å². The van der Waals surface area contributed by atoms with E-state index in [0.29, 0.717) is 18.5 Å². The Labute approximate surface area is 117 Å². The van der Waals surface area contributed by atoms with Crippen molar-refractivity contribution in [3.05, 3.63) is 31.8 Å². The van der Waals surface area contributed by atoms with E-state index in [4.69, 9.17) is 0 Å². The van der Waals surface area contributed by atoms with Gasteiger partial charge < -0.3 is 5.32 Å². The molecule has 0 saturated heterocycles. The molecule has 1 aromatic rings. The Morgan fingerprint density at radius 1 is 1.56 bits per heavy atom. The summed E-state index contributed by atoms with van der Waals surface area (Å²) in [6.45, 7) is 2.37. The second kappa shape index (κ2) is 6.92. The Morgan fingerprint density at radius 2 is 2.31 bits per heavy atom. The highest BCUT2D eigenvalue weighted by molar-refractivity contribution is 14.1. The zero-order chi connectivity index (χ0) is 12.0. The number of benzene rings is 1. The maximum absolute atomic E-state index is 11.8. The van der Waals surface area contributed by atoms with Gasteiger partial charge in [-0.25, -0.2) is 0 Å². The normalized spacial score (nSPS) is 9.19. The van der Waals surface area contributed by atoms with Gasteiger partial charge in [-0.15, -0.1) is 11.8 Å². The maximum Gasteiger partial charge on any atom is 0.252 e. The summed E-state index contributed by atoms with van der Waals surface area (Å²) >= 11 is 5.54. The highest BCUT2D eigenvalue weighted by atomic mass is 127. The van der Waals surface area contributed by atoms with Crippen LogP contribution in [0.5, 0.6) is 0 Å². The molecule has 1 amide bonds. The molecular weight excluding hydrogens is 381 g/mol. The fraction of sp³-hybridized carbons (Fsp3) is 0.250. The van der Waals surface area contributed by atoms with Crippen molar-refractivity contribution < 1.29 is 4.79 Å². The van der Waals surface area contributed by atoms with Crippen LogP contribution in [0.3, 0.4) is 0 Å². The van der Waals surface area contributed by atoms with Crippen molar-refractivity contribution in [1.82, 2.24) is 5.32 Å². The summed E-state index contributed by atoms with van der Waals surface area (Å²) in [5, 5.41) is 2.83. The summed E-state index contributed by atoms with van der Waals surface area (Å²) in [6, 6.07) is 5.68. The molecular formula is C12H11BrINO. The SMILES string of the molecule is CC#CCCNC(=O)c1cc(I)ccc1Br. The van der Waals surface area contributed by atoms with Crippen LogP contribution in [-0.4, -0.2) is 12.5 Å². The highest BCUT2D eigenvalue weighted by Crippen LogP contribution is 2.19. The Morgan fingerprint density at radius 3 is 3.00 bits per heavy atom. The summed E-state index contributed by atoms with van der Waals surface area (Å²) in [7, 11) is 0. The van der Waals surface area contributed by atoms with E-state index in [2.05, 4.69) is 55.7 Å². The van der Waals surface area contributed by atoms with Gasteiger partial charge in [-0.1, -0.05) is 0 Å². The van der Waals surface area contributed by atoms with Gasteiger partial charge in [0.05, 0.1) is 5.56 Å². The van der Waals surface area contributed by atoms with Crippen LogP contribution in [0.25, 0.3) is 0 Å². The van der Waals surface area contributed by atoms with Gasteiger partial charge >= 0.3 is 0 Å². The maximum atomic E-state index is 11.8. The zero-order valence-electron chi connectivity index (χ0n) is 8.81. The third kappa shape index (κ3) is 4.14. The van der Waals surface area contributed by atoms with Crippen LogP contribution in [0, 0.1) is 15.4 Å². The van der Waals surface area contributed by atoms with Crippen molar-refractivity contribution in [2.75, 3.05) is 6.54 Å². The number of hydrogen-bond donors (Lipinski definition) is 1. The summed E-state index contributed by atoms with van der Waals surface area (Å²) in [4.78, 5) is 11.8. The van der Waals surface area contributed by atoms with Gasteiger partial charge in [0.25, 0.3) is 5.91 Å². The van der Waals surface area contributed by atoms with Gasteiger partial charge in [-0.2, -0.15) is 0 Å². The first-order valence-corrected chi connectivity index (χ1v) is 6.65. The van der Waals surface area contributed by atoms with Crippen LogP contribution in [0.2, 0.25) is 0 Å². The smallest absolute Gasteiger partial charge is 0.252 e. The quantitative estimate of drug-likeness (QED) is 0.478. The molecule has 0 atom stereocenters. The first-order chi connectivity index (χ1) is 7.65. The molecule has 0 spiro atoms. The minimum Gasteiger partial charge on any atom is -0.351 e. The molecule has 0 aliphatic rings. The number of halogens is 2. The minimum atomic E-state index is -0.0664. The largest absolute Gasteiger partial charge is 0.351 e. The summed E-state index contributed by atoms with van der Waals surface area (Å²) in [6.07, 6.45) is 0.684. The predicted octanol–water partition coefficient (Wildman–Crippen LogP) is 3.20. The Bertz CT molecular complexity index is 448. The molecule has 0 aliphatic heterocycles. The van der Waals surface area contributed by atoms with E-state index in [1.165, 1.54) is 0 Å². The lowest BCUT2D eigenvalue weighted by atomic mass is 10.2. The van der Waals surface area contributed by atoms with Crippen molar-refractivity contribution in [3.8, 4) is 11.8 Å². The van der Waals surface area contributed by atoms with Crippen LogP contribution >= 0.6 is 38.5 Å². The average molecular weight is 392 g/mol. The van der Waals surface area contributed by atoms with Gasteiger partial charge in [-0.3, -0.25) is 4.79 Å². The fourth-order valence-corrected chi connectivity index (χ4v) is 2.05. The molecule has 16 heavy (non-hydrogen) atoms. The number of carbonyl (C=O) groups is 1. The van der Waals surface area contributed by atoms with Crippen molar-refractivity contribution in [2.45, 2.75) is 13.3 Å². The second-order valence-electron chi connectivity index (χ2n) is 3.06. The molecule has 2 nitrogen and oxygen atoms in total. The zero-order valence-corrected chi connectivity index (χ0v) is 12.6. The van der Waals surface area contributed by atoms with Crippen LogP contribution in [-0.2, 0) is 0 Å². The molecule has 1 N–H and O–H groups in total. The van der Waals surface area contributed by atoms with Crippen LogP contribution in [0.1, 0.15) is 23.7 Å². The van der Waals surface area contributed by atoms with E-state index in [0.717, 1.165) is 8.04 Å². The second-order valence-corrected chi connectivity index (χ2v) is 5.16. The van der Waals surface area contributed by atoms with E-state index in [9.17, 15) is 4.79 Å². The van der Waals surface area contributed by atoms with E-state index in [-0.39, 0.29) is 5.91 Å². The molecule has 0 bridgehead atoms. The molecule has 84 valence electrons. The van der Waals surface area contributed by atoms with Gasteiger partial charge in [0.1, 0.15) is 0 Å². The molecule has 0 radical (unpaired) electrons. The average Bonchev–Trinajstić information content (AvgIpc) is 2.27. The number of nitrogens with one attached hydrogen (secondary N) is 1. The van der Waals surface area contributed by atoms with E-state index in [1.807, 2.05) is 18.2 Å². The third-order valence-corrected chi connectivity index (χ3v) is 3.25. The van der Waals surface area contributed by atoms with Crippen LogP contribution in [0.4, 0.5) is 0 Å². The highest BCUT2D eigenvalue weighted by Gasteiger charge is 2.09. The molecule has 1 aromatic carbocycles. The van der Waals surface area contributed by atoms with E-state index >= 15 is 0 Å². The lowest BCUT2D eigenvalue weighted by Gasteiger charge is -2.05. The molecule has 0 saturated carbocycles. The van der Waals surface area contributed by atoms with Crippen molar-refractivity contribution in [3.63, 3.8) is 0 Å². The Kier molecular flexibility index (Phi) is 5.85. The molecule has 0 fully saturated rings. The summed E-state index contributed by atoms with van der Waals surface area (Å²) < 4.78 is 1.85. The molecule has 0 unspecified atom stereocenters. The van der Waals surface area contributed by atoms with E-state index in [1.54, 1.807) is 6.92 Å². The molecule has 1 rings (SSSR count). The first-order valence-electron chi connectivity index (χ1n) is 4.78. The molecule has 0 heterocycles. The van der Waals surface area contributed by atoms with Gasteiger partial charge in [-0.05, 0) is 63.6 Å². The molecule has 0 aromatic heterocycles. The van der Waals surface area contributed by atoms with Gasteiger partial charge in [0.2, 0.25) is 0 Å². The van der Waals surface area contributed by atoms with Crippen LogP contribution < -0.4 is 5.32 Å². The number of hydrogen-bond acceptors (Lipinski definition) is 1. The number of carbonyl (C=O) groups excluding carboxylic acids is 1. The van der Waals surface area contributed by atoms with Crippen molar-refractivity contribution in [2.24, 2.45) is 0 Å². The lowest BCUT2D eigenvalue weighted by Crippen LogP contribution is -2.24. The van der Waals surface area contributed by atoms with Gasteiger partial charge in [0, 0.05) is 21.0 Å². The molecule has 4 heteroatoms. The minimum absolute atomic E-state index is 0.0664. The summed E-state index contributed by atoms with van der Waals surface area (Å²) in [5.74, 6) is 5.63. The topological polar surface area (TPSA) is 29.1 Å². The fourth-order valence-electron chi connectivity index (χ4n) is 1.13. The Balaban J connectivity index is 2.64. The Hall–Kier alpha value is -0.540. The molecule has 0 aliphatic carbocycles. The third-order valence-electron chi connectivity index (χ3n) is 1.89. The predicted molar refractivity (Wildman–Crippen MR) is 77.3 cm³/mol.